The van der Waals surface area contributed by atoms with Gasteiger partial charge in [0.1, 0.15) is 0 Å². The fraction of sp³-hybridized carbons (Fsp3) is 0.357. The van der Waals surface area contributed by atoms with Gasteiger partial charge in [-0.1, -0.05) is 18.2 Å². The number of rotatable bonds is 4. The summed E-state index contributed by atoms with van der Waals surface area (Å²) in [4.78, 5) is 4.46. The monoisotopic (exact) mass is 259 g/mol. The van der Waals surface area contributed by atoms with Gasteiger partial charge in [0.2, 0.25) is 0 Å². The first-order valence-corrected chi connectivity index (χ1v) is 7.15. The zero-order valence-corrected chi connectivity index (χ0v) is 11.3. The number of hydrogen-bond acceptors (Lipinski definition) is 4. The average Bonchev–Trinajstić information content (AvgIpc) is 2.97. The summed E-state index contributed by atoms with van der Waals surface area (Å²) in [5.74, 6) is 0.570. The van der Waals surface area contributed by atoms with Crippen LogP contribution in [0.5, 0.6) is 0 Å². The van der Waals surface area contributed by atoms with E-state index in [-0.39, 0.29) is 0 Å². The number of nitrogens with zero attached hydrogens (tertiary/aromatic N) is 1. The molecule has 0 spiro atoms. The number of hydrogen-bond donors (Lipinski definition) is 2. The molecule has 18 heavy (non-hydrogen) atoms. The summed E-state index contributed by atoms with van der Waals surface area (Å²) in [6.07, 6.45) is 0. The Morgan fingerprint density at radius 2 is 2.33 bits per heavy atom. The van der Waals surface area contributed by atoms with E-state index in [0.29, 0.717) is 5.92 Å². The normalized spacial score (nSPS) is 17.5. The van der Waals surface area contributed by atoms with Crippen molar-refractivity contribution in [3.63, 3.8) is 0 Å². The van der Waals surface area contributed by atoms with Gasteiger partial charge in [-0.05, 0) is 18.6 Å². The minimum atomic E-state index is 0.570. The molecule has 0 amide bonds. The van der Waals surface area contributed by atoms with Gasteiger partial charge in [-0.15, -0.1) is 11.3 Å². The molecule has 0 fully saturated rings. The zero-order valence-electron chi connectivity index (χ0n) is 10.4. The smallest absolute Gasteiger partial charge is 0.0897 e. The van der Waals surface area contributed by atoms with Crippen LogP contribution in [0.15, 0.2) is 29.6 Å². The second-order valence-corrected chi connectivity index (χ2v) is 5.72. The predicted molar refractivity (Wildman–Crippen MR) is 76.2 cm³/mol. The molecule has 0 saturated carbocycles. The van der Waals surface area contributed by atoms with Gasteiger partial charge in [-0.2, -0.15) is 0 Å². The highest BCUT2D eigenvalue weighted by Gasteiger charge is 2.20. The molecule has 1 aliphatic rings. The van der Waals surface area contributed by atoms with Crippen LogP contribution < -0.4 is 10.6 Å². The van der Waals surface area contributed by atoms with Crippen molar-refractivity contribution in [1.29, 1.82) is 0 Å². The van der Waals surface area contributed by atoms with Crippen LogP contribution in [0.4, 0.5) is 5.69 Å². The Balaban J connectivity index is 1.56. The van der Waals surface area contributed by atoms with E-state index < -0.39 is 0 Å². The summed E-state index contributed by atoms with van der Waals surface area (Å²) in [6, 6.07) is 8.57. The first kappa shape index (κ1) is 11.7. The van der Waals surface area contributed by atoms with E-state index in [1.165, 1.54) is 11.3 Å². The lowest BCUT2D eigenvalue weighted by Gasteiger charge is -2.10. The third kappa shape index (κ3) is 2.40. The second-order valence-electron chi connectivity index (χ2n) is 4.65. The number of thiazole rings is 1. The number of nitrogens with one attached hydrogen (secondary N) is 2. The lowest BCUT2D eigenvalue weighted by atomic mass is 10.0. The fourth-order valence-corrected chi connectivity index (χ4v) is 3.02. The lowest BCUT2D eigenvalue weighted by molar-refractivity contribution is 0.607. The van der Waals surface area contributed by atoms with Crippen molar-refractivity contribution in [3.05, 3.63) is 45.9 Å². The van der Waals surface area contributed by atoms with E-state index in [1.54, 1.807) is 11.3 Å². The van der Waals surface area contributed by atoms with Gasteiger partial charge in [-0.25, -0.2) is 4.98 Å². The second kappa shape index (κ2) is 5.08. The average molecular weight is 259 g/mol. The predicted octanol–water partition coefficient (Wildman–Crippen LogP) is 2.75. The molecule has 3 nitrogen and oxygen atoms in total. The van der Waals surface area contributed by atoms with Crippen molar-refractivity contribution in [1.82, 2.24) is 10.3 Å². The molecule has 0 saturated heterocycles. The van der Waals surface area contributed by atoms with Crippen LogP contribution in [0, 0.1) is 6.92 Å². The summed E-state index contributed by atoms with van der Waals surface area (Å²) in [6.45, 7) is 4.94. The van der Waals surface area contributed by atoms with Crippen molar-refractivity contribution in [2.75, 3.05) is 18.4 Å². The molecule has 0 radical (unpaired) electrons. The van der Waals surface area contributed by atoms with Crippen molar-refractivity contribution in [2.24, 2.45) is 0 Å². The first-order chi connectivity index (χ1) is 8.83. The topological polar surface area (TPSA) is 37.0 Å². The maximum absolute atomic E-state index is 4.46. The van der Waals surface area contributed by atoms with Crippen LogP contribution >= 0.6 is 11.3 Å². The summed E-state index contributed by atoms with van der Waals surface area (Å²) in [5.41, 5.74) is 3.87. The number of anilines is 1. The maximum Gasteiger partial charge on any atom is 0.0897 e. The van der Waals surface area contributed by atoms with Crippen LogP contribution in [0.3, 0.4) is 0 Å². The minimum Gasteiger partial charge on any atom is -0.384 e. The summed E-state index contributed by atoms with van der Waals surface area (Å²) >= 11 is 1.71. The third-order valence-corrected chi connectivity index (χ3v) is 4.13. The Kier molecular flexibility index (Phi) is 3.30. The molecule has 0 aliphatic carbocycles. The molecule has 1 aromatic heterocycles. The molecular formula is C14H17N3S. The first-order valence-electron chi connectivity index (χ1n) is 6.27. The quantitative estimate of drug-likeness (QED) is 0.886. The van der Waals surface area contributed by atoms with Crippen molar-refractivity contribution in [2.45, 2.75) is 19.4 Å². The maximum atomic E-state index is 4.46. The van der Waals surface area contributed by atoms with E-state index >= 15 is 0 Å². The highest BCUT2D eigenvalue weighted by atomic mass is 32.1. The molecule has 4 heteroatoms. The standard InChI is InChI=1S/C14H17N3S/c1-10-17-12(9-18-10)8-15-6-11-7-16-14-5-3-2-4-13(11)14/h2-5,9,11,15-16H,6-8H2,1H3. The SMILES string of the molecule is Cc1nc(CNCC2CNc3ccccc32)cs1. The number of aromatic nitrogens is 1. The van der Waals surface area contributed by atoms with E-state index in [9.17, 15) is 0 Å². The van der Waals surface area contributed by atoms with Crippen molar-refractivity contribution >= 4 is 17.0 Å². The summed E-state index contributed by atoms with van der Waals surface area (Å²) in [5, 5.41) is 10.2. The Morgan fingerprint density at radius 3 is 3.17 bits per heavy atom. The highest BCUT2D eigenvalue weighted by Crippen LogP contribution is 2.30. The Bertz CT molecular complexity index is 535. The molecule has 94 valence electrons. The van der Waals surface area contributed by atoms with E-state index in [2.05, 4.69) is 45.3 Å². The molecule has 2 aromatic rings. The molecule has 1 aliphatic heterocycles. The van der Waals surface area contributed by atoms with Crippen molar-refractivity contribution in [3.8, 4) is 0 Å². The van der Waals surface area contributed by atoms with E-state index in [0.717, 1.165) is 30.3 Å². The Hall–Kier alpha value is -1.39. The molecule has 0 bridgehead atoms. The van der Waals surface area contributed by atoms with Crippen LogP contribution in [0.2, 0.25) is 0 Å². The number of fused-ring (bicyclic) bond motifs is 1. The molecule has 2 N–H and O–H groups in total. The third-order valence-electron chi connectivity index (χ3n) is 3.30. The summed E-state index contributed by atoms with van der Waals surface area (Å²) in [7, 11) is 0. The molecule has 1 unspecified atom stereocenters. The lowest BCUT2D eigenvalue weighted by Crippen LogP contribution is -2.22. The minimum absolute atomic E-state index is 0.570. The van der Waals surface area contributed by atoms with Crippen molar-refractivity contribution < 1.29 is 0 Å². The van der Waals surface area contributed by atoms with Gasteiger partial charge in [0.05, 0.1) is 10.7 Å². The van der Waals surface area contributed by atoms with Crippen LogP contribution in [-0.4, -0.2) is 18.1 Å². The highest BCUT2D eigenvalue weighted by molar-refractivity contribution is 7.09. The van der Waals surface area contributed by atoms with Gasteiger partial charge in [0.25, 0.3) is 0 Å². The van der Waals surface area contributed by atoms with Crippen LogP contribution in [0.25, 0.3) is 0 Å². The number of para-hydroxylation sites is 1. The van der Waals surface area contributed by atoms with E-state index in [1.807, 2.05) is 6.92 Å². The van der Waals surface area contributed by atoms with Gasteiger partial charge in [0.15, 0.2) is 0 Å². The molecule has 2 heterocycles. The Labute approximate surface area is 111 Å². The van der Waals surface area contributed by atoms with Gasteiger partial charge in [-0.3, -0.25) is 0 Å². The van der Waals surface area contributed by atoms with Gasteiger partial charge < -0.3 is 10.6 Å². The zero-order chi connectivity index (χ0) is 12.4. The van der Waals surface area contributed by atoms with Gasteiger partial charge >= 0.3 is 0 Å². The van der Waals surface area contributed by atoms with Crippen LogP contribution in [-0.2, 0) is 6.54 Å². The van der Waals surface area contributed by atoms with Gasteiger partial charge in [0, 0.05) is 36.6 Å². The fourth-order valence-electron chi connectivity index (χ4n) is 2.40. The number of benzene rings is 1. The number of aryl methyl sites for hydroxylation is 1. The van der Waals surface area contributed by atoms with Crippen LogP contribution in [0.1, 0.15) is 22.2 Å². The molecular weight excluding hydrogens is 242 g/mol. The largest absolute Gasteiger partial charge is 0.384 e. The molecule has 3 rings (SSSR count). The Morgan fingerprint density at radius 1 is 1.44 bits per heavy atom. The summed E-state index contributed by atoms with van der Waals surface area (Å²) < 4.78 is 0. The van der Waals surface area contributed by atoms with E-state index in [4.69, 9.17) is 0 Å². The molecule has 1 atom stereocenters. The molecule has 1 aromatic carbocycles.